The minimum atomic E-state index is -0.187. The molecule has 19 heavy (non-hydrogen) atoms. The summed E-state index contributed by atoms with van der Waals surface area (Å²) in [5, 5.41) is 3.34. The van der Waals surface area contributed by atoms with E-state index in [9.17, 15) is 4.39 Å². The molecule has 1 aromatic rings. The Morgan fingerprint density at radius 2 is 2.16 bits per heavy atom. The largest absolute Gasteiger partial charge is 0.380 e. The molecule has 1 saturated heterocycles. The van der Waals surface area contributed by atoms with Gasteiger partial charge in [-0.15, -0.1) is 0 Å². The number of hydrogen-bond donors (Lipinski definition) is 1. The second kappa shape index (κ2) is 5.78. The van der Waals surface area contributed by atoms with Crippen molar-refractivity contribution in [2.75, 3.05) is 23.9 Å². The third-order valence-electron chi connectivity index (χ3n) is 3.83. The first-order valence-corrected chi connectivity index (χ1v) is 6.89. The summed E-state index contributed by atoms with van der Waals surface area (Å²) in [6, 6.07) is 5.88. The Kier molecular flexibility index (Phi) is 4.30. The van der Waals surface area contributed by atoms with Crippen molar-refractivity contribution in [3.05, 3.63) is 24.0 Å². The number of ether oxygens (including phenoxy) is 1. The Balaban J connectivity index is 2.10. The van der Waals surface area contributed by atoms with Crippen LogP contribution in [0.5, 0.6) is 0 Å². The lowest BCUT2D eigenvalue weighted by Gasteiger charge is -2.25. The van der Waals surface area contributed by atoms with Crippen LogP contribution in [-0.4, -0.2) is 31.8 Å². The quantitative estimate of drug-likeness (QED) is 0.905. The van der Waals surface area contributed by atoms with Gasteiger partial charge in [-0.3, -0.25) is 0 Å². The average Bonchev–Trinajstić information content (AvgIpc) is 2.74. The van der Waals surface area contributed by atoms with Crippen molar-refractivity contribution < 1.29 is 9.13 Å². The second-order valence-electron chi connectivity index (χ2n) is 5.49. The van der Waals surface area contributed by atoms with Crippen LogP contribution in [0.15, 0.2) is 18.2 Å². The number of anilines is 2. The smallest absolute Gasteiger partial charge is 0.148 e. The molecule has 1 heterocycles. The van der Waals surface area contributed by atoms with Crippen molar-refractivity contribution in [1.29, 1.82) is 0 Å². The van der Waals surface area contributed by atoms with E-state index in [1.54, 1.807) is 6.07 Å². The molecule has 106 valence electrons. The molecular formula is C15H23FN2O. The van der Waals surface area contributed by atoms with Gasteiger partial charge in [-0.2, -0.15) is 0 Å². The zero-order valence-corrected chi connectivity index (χ0v) is 12.1. The van der Waals surface area contributed by atoms with Crippen LogP contribution in [0, 0.1) is 5.82 Å². The van der Waals surface area contributed by atoms with Crippen molar-refractivity contribution >= 4 is 11.4 Å². The van der Waals surface area contributed by atoms with Crippen molar-refractivity contribution in [2.45, 2.75) is 45.4 Å². The first-order chi connectivity index (χ1) is 8.99. The molecule has 1 N–H and O–H groups in total. The molecular weight excluding hydrogens is 243 g/mol. The zero-order chi connectivity index (χ0) is 14.0. The normalized spacial score (nSPS) is 22.8. The van der Waals surface area contributed by atoms with E-state index < -0.39 is 0 Å². The zero-order valence-electron chi connectivity index (χ0n) is 12.1. The van der Waals surface area contributed by atoms with E-state index in [1.807, 2.05) is 44.9 Å². The fraction of sp³-hybridized carbons (Fsp3) is 0.600. The van der Waals surface area contributed by atoms with Gasteiger partial charge < -0.3 is 15.0 Å². The molecule has 4 heteroatoms. The van der Waals surface area contributed by atoms with E-state index in [-0.39, 0.29) is 24.0 Å². The van der Waals surface area contributed by atoms with Gasteiger partial charge in [0.2, 0.25) is 0 Å². The summed E-state index contributed by atoms with van der Waals surface area (Å²) in [5.74, 6) is -0.187. The maximum absolute atomic E-state index is 14.1. The average molecular weight is 266 g/mol. The van der Waals surface area contributed by atoms with Crippen molar-refractivity contribution in [3.8, 4) is 0 Å². The molecule has 3 nitrogen and oxygen atoms in total. The highest BCUT2D eigenvalue weighted by molar-refractivity contribution is 5.56. The van der Waals surface area contributed by atoms with Crippen LogP contribution < -0.4 is 10.2 Å². The number of nitrogens with one attached hydrogen (secondary N) is 1. The fourth-order valence-corrected chi connectivity index (χ4v) is 2.30. The summed E-state index contributed by atoms with van der Waals surface area (Å²) in [6.45, 7) is 6.91. The highest BCUT2D eigenvalue weighted by atomic mass is 19.1. The van der Waals surface area contributed by atoms with Crippen LogP contribution in [0.25, 0.3) is 0 Å². The Morgan fingerprint density at radius 3 is 2.68 bits per heavy atom. The first kappa shape index (κ1) is 14.1. The van der Waals surface area contributed by atoms with Crippen molar-refractivity contribution in [3.63, 3.8) is 0 Å². The molecule has 2 rings (SSSR count). The van der Waals surface area contributed by atoms with Crippen LogP contribution in [0.2, 0.25) is 0 Å². The standard InChI is InChI=1S/C15H23FN2O/c1-10(2)18(4)15-6-5-12(9-13(15)16)17-14-7-8-19-11(14)3/h5-6,9-11,14,17H,7-8H2,1-4H3. The van der Waals surface area contributed by atoms with Gasteiger partial charge in [-0.05, 0) is 45.4 Å². The molecule has 1 aliphatic rings. The van der Waals surface area contributed by atoms with Crippen LogP contribution in [0.4, 0.5) is 15.8 Å². The lowest BCUT2D eigenvalue weighted by Crippen LogP contribution is -2.28. The Hall–Kier alpha value is -1.29. The van der Waals surface area contributed by atoms with E-state index >= 15 is 0 Å². The molecule has 0 saturated carbocycles. The highest BCUT2D eigenvalue weighted by Crippen LogP contribution is 2.25. The van der Waals surface area contributed by atoms with E-state index in [0.717, 1.165) is 18.7 Å². The number of rotatable bonds is 4. The maximum Gasteiger partial charge on any atom is 0.148 e. The molecule has 0 bridgehead atoms. The summed E-state index contributed by atoms with van der Waals surface area (Å²) in [6.07, 6.45) is 1.15. The van der Waals surface area contributed by atoms with Crippen LogP contribution in [0.3, 0.4) is 0 Å². The van der Waals surface area contributed by atoms with Gasteiger partial charge in [0, 0.05) is 25.4 Å². The molecule has 2 unspecified atom stereocenters. The van der Waals surface area contributed by atoms with Crippen molar-refractivity contribution in [1.82, 2.24) is 0 Å². The molecule has 1 aliphatic heterocycles. The molecule has 0 spiro atoms. The van der Waals surface area contributed by atoms with Gasteiger partial charge in [-0.1, -0.05) is 0 Å². The minimum absolute atomic E-state index is 0.182. The summed E-state index contributed by atoms with van der Waals surface area (Å²) in [4.78, 5) is 1.93. The van der Waals surface area contributed by atoms with Gasteiger partial charge >= 0.3 is 0 Å². The predicted octanol–water partition coefficient (Wildman–Crippen LogP) is 3.26. The number of nitrogens with zero attached hydrogens (tertiary/aromatic N) is 1. The third-order valence-corrected chi connectivity index (χ3v) is 3.83. The first-order valence-electron chi connectivity index (χ1n) is 6.89. The molecule has 0 amide bonds. The van der Waals surface area contributed by atoms with Gasteiger partial charge in [0.25, 0.3) is 0 Å². The Bertz CT molecular complexity index is 436. The molecule has 1 aromatic carbocycles. The second-order valence-corrected chi connectivity index (χ2v) is 5.49. The number of halogens is 1. The lowest BCUT2D eigenvalue weighted by molar-refractivity contribution is 0.121. The minimum Gasteiger partial charge on any atom is -0.380 e. The Labute approximate surface area is 114 Å². The third kappa shape index (κ3) is 3.18. The van der Waals surface area contributed by atoms with Gasteiger partial charge in [0.1, 0.15) is 5.82 Å². The van der Waals surface area contributed by atoms with Gasteiger partial charge in [0.15, 0.2) is 0 Å². The van der Waals surface area contributed by atoms with E-state index in [4.69, 9.17) is 4.74 Å². The number of hydrogen-bond acceptors (Lipinski definition) is 3. The van der Waals surface area contributed by atoms with Gasteiger partial charge in [-0.25, -0.2) is 4.39 Å². The van der Waals surface area contributed by atoms with Gasteiger partial charge in [0.05, 0.1) is 17.8 Å². The SMILES string of the molecule is CC1OCCC1Nc1ccc(N(C)C(C)C)c(F)c1. The summed E-state index contributed by atoms with van der Waals surface area (Å²) < 4.78 is 19.6. The summed E-state index contributed by atoms with van der Waals surface area (Å²) in [7, 11) is 1.91. The molecule has 0 aliphatic carbocycles. The molecule has 0 radical (unpaired) electrons. The topological polar surface area (TPSA) is 24.5 Å². The van der Waals surface area contributed by atoms with E-state index in [0.29, 0.717) is 5.69 Å². The molecule has 1 fully saturated rings. The fourth-order valence-electron chi connectivity index (χ4n) is 2.30. The summed E-state index contributed by atoms with van der Waals surface area (Å²) >= 11 is 0. The maximum atomic E-state index is 14.1. The van der Waals surface area contributed by atoms with Crippen LogP contribution in [0.1, 0.15) is 27.2 Å². The molecule has 2 atom stereocenters. The predicted molar refractivity (Wildman–Crippen MR) is 77.4 cm³/mol. The van der Waals surface area contributed by atoms with Crippen molar-refractivity contribution in [2.24, 2.45) is 0 Å². The van der Waals surface area contributed by atoms with Crippen LogP contribution in [-0.2, 0) is 4.74 Å². The lowest BCUT2D eigenvalue weighted by atomic mass is 10.1. The highest BCUT2D eigenvalue weighted by Gasteiger charge is 2.24. The Morgan fingerprint density at radius 1 is 1.42 bits per heavy atom. The van der Waals surface area contributed by atoms with E-state index in [2.05, 4.69) is 5.32 Å². The van der Waals surface area contributed by atoms with E-state index in [1.165, 1.54) is 0 Å². The molecule has 0 aromatic heterocycles. The number of benzene rings is 1. The summed E-state index contributed by atoms with van der Waals surface area (Å²) in [5.41, 5.74) is 1.46. The van der Waals surface area contributed by atoms with Crippen LogP contribution >= 0.6 is 0 Å². The monoisotopic (exact) mass is 266 g/mol.